The fourth-order valence-corrected chi connectivity index (χ4v) is 1.33. The summed E-state index contributed by atoms with van der Waals surface area (Å²) >= 11 is 0. The van der Waals surface area contributed by atoms with Crippen molar-refractivity contribution in [3.05, 3.63) is 4.91 Å². The van der Waals surface area contributed by atoms with Crippen LogP contribution in [0.25, 0.3) is 0 Å². The fourth-order valence-electron chi connectivity index (χ4n) is 1.33. The van der Waals surface area contributed by atoms with Crippen LogP contribution in [-0.2, 0) is 4.79 Å². The van der Waals surface area contributed by atoms with Crippen molar-refractivity contribution in [3.8, 4) is 0 Å². The summed E-state index contributed by atoms with van der Waals surface area (Å²) in [6, 6.07) is 0. The quantitative estimate of drug-likeness (QED) is 0.523. The van der Waals surface area contributed by atoms with Crippen LogP contribution in [-0.4, -0.2) is 30.9 Å². The molecule has 0 N–H and O–H groups in total. The Morgan fingerprint density at radius 1 is 1.45 bits per heavy atom. The summed E-state index contributed by atoms with van der Waals surface area (Å²) in [7, 11) is 2.01. The molecule has 1 aliphatic heterocycles. The Balaban J connectivity index is 2.38. The Morgan fingerprint density at radius 2 is 2.00 bits per heavy atom. The van der Waals surface area contributed by atoms with Crippen molar-refractivity contribution in [2.45, 2.75) is 12.8 Å². The van der Waals surface area contributed by atoms with Crippen LogP contribution in [0.15, 0.2) is 5.18 Å². The third-order valence-corrected chi connectivity index (χ3v) is 2.16. The highest BCUT2D eigenvalue weighted by molar-refractivity contribution is 5.79. The van der Waals surface area contributed by atoms with Gasteiger partial charge in [0, 0.05) is 11.1 Å². The first-order valence-electron chi connectivity index (χ1n) is 3.80. The maximum atomic E-state index is 10.8. The lowest BCUT2D eigenvalue weighted by atomic mass is 9.97. The molecule has 0 unspecified atom stereocenters. The van der Waals surface area contributed by atoms with Crippen LogP contribution >= 0.6 is 0 Å². The molecule has 4 heteroatoms. The molecule has 4 nitrogen and oxygen atoms in total. The van der Waals surface area contributed by atoms with Gasteiger partial charge in [-0.3, -0.25) is 4.79 Å². The van der Waals surface area contributed by atoms with Crippen molar-refractivity contribution >= 4 is 5.91 Å². The molecule has 0 bridgehead atoms. The van der Waals surface area contributed by atoms with E-state index in [4.69, 9.17) is 0 Å². The number of amides is 1. The second kappa shape index (κ2) is 3.57. The molecule has 0 aliphatic carbocycles. The molecule has 0 atom stereocenters. The summed E-state index contributed by atoms with van der Waals surface area (Å²) in [5.41, 5.74) is 0. The minimum absolute atomic E-state index is 0.108. The lowest BCUT2D eigenvalue weighted by molar-refractivity contribution is -0.122. The molecule has 1 rings (SSSR count). The molecule has 0 aromatic rings. The molecular formula is C7H12N2O2. The van der Waals surface area contributed by atoms with Gasteiger partial charge >= 0.3 is 0 Å². The zero-order valence-corrected chi connectivity index (χ0v) is 6.62. The minimum atomic E-state index is -0.474. The standard InChI is InChI=1S/C7H12N2O2/c1-9-4-2-6(3-5-9)7(10)8-11/h6H,2-5H2,1H3. The Hall–Kier alpha value is -0.770. The van der Waals surface area contributed by atoms with E-state index >= 15 is 0 Å². The molecule has 0 saturated carbocycles. The number of hydrogen-bond donors (Lipinski definition) is 0. The normalized spacial score (nSPS) is 21.5. The molecular weight excluding hydrogens is 144 g/mol. The van der Waals surface area contributed by atoms with Gasteiger partial charge in [0.15, 0.2) is 0 Å². The van der Waals surface area contributed by atoms with E-state index in [9.17, 15) is 9.70 Å². The minimum Gasteiger partial charge on any atom is -0.306 e. The average Bonchev–Trinajstić information content (AvgIpc) is 2.05. The van der Waals surface area contributed by atoms with Crippen molar-refractivity contribution in [2.75, 3.05) is 20.1 Å². The summed E-state index contributed by atoms with van der Waals surface area (Å²) in [6.45, 7) is 1.79. The molecule has 0 aromatic heterocycles. The highest BCUT2D eigenvalue weighted by Crippen LogP contribution is 2.16. The second-order valence-corrected chi connectivity index (χ2v) is 3.01. The van der Waals surface area contributed by atoms with Gasteiger partial charge in [0.1, 0.15) is 0 Å². The molecule has 1 aliphatic rings. The number of likely N-dealkylation sites (tertiary alicyclic amines) is 1. The van der Waals surface area contributed by atoms with Crippen molar-refractivity contribution in [3.63, 3.8) is 0 Å². The summed E-state index contributed by atoms with van der Waals surface area (Å²) in [6.07, 6.45) is 1.56. The van der Waals surface area contributed by atoms with Gasteiger partial charge in [0.05, 0.1) is 0 Å². The molecule has 1 amide bonds. The van der Waals surface area contributed by atoms with Gasteiger partial charge < -0.3 is 4.90 Å². The van der Waals surface area contributed by atoms with Gasteiger partial charge in [-0.25, -0.2) is 0 Å². The molecule has 62 valence electrons. The molecule has 0 radical (unpaired) electrons. The first-order chi connectivity index (χ1) is 5.24. The third kappa shape index (κ3) is 2.08. The topological polar surface area (TPSA) is 49.7 Å². The van der Waals surface area contributed by atoms with Crippen molar-refractivity contribution in [2.24, 2.45) is 11.1 Å². The van der Waals surface area contributed by atoms with Gasteiger partial charge in [-0.1, -0.05) is 0 Å². The van der Waals surface area contributed by atoms with E-state index in [1.165, 1.54) is 0 Å². The first-order valence-corrected chi connectivity index (χ1v) is 3.80. The second-order valence-electron chi connectivity index (χ2n) is 3.01. The van der Waals surface area contributed by atoms with Crippen LogP contribution in [0.3, 0.4) is 0 Å². The molecule has 11 heavy (non-hydrogen) atoms. The van der Waals surface area contributed by atoms with E-state index < -0.39 is 5.91 Å². The summed E-state index contributed by atoms with van der Waals surface area (Å²) < 4.78 is 0. The van der Waals surface area contributed by atoms with Gasteiger partial charge in [-0.2, -0.15) is 0 Å². The number of hydrogen-bond acceptors (Lipinski definition) is 3. The summed E-state index contributed by atoms with van der Waals surface area (Å²) in [5, 5.41) is 2.43. The van der Waals surface area contributed by atoms with Crippen molar-refractivity contribution in [1.82, 2.24) is 4.90 Å². The summed E-state index contributed by atoms with van der Waals surface area (Å²) in [5.74, 6) is -0.582. The summed E-state index contributed by atoms with van der Waals surface area (Å²) in [4.78, 5) is 22.8. The lowest BCUT2D eigenvalue weighted by Gasteiger charge is -2.25. The van der Waals surface area contributed by atoms with E-state index in [2.05, 4.69) is 10.1 Å². The maximum Gasteiger partial charge on any atom is 0.289 e. The van der Waals surface area contributed by atoms with Gasteiger partial charge in [0.25, 0.3) is 5.91 Å². The predicted octanol–water partition coefficient (Wildman–Crippen LogP) is 0.621. The van der Waals surface area contributed by atoms with E-state index in [1.54, 1.807) is 0 Å². The van der Waals surface area contributed by atoms with Crippen LogP contribution < -0.4 is 0 Å². The predicted molar refractivity (Wildman–Crippen MR) is 41.0 cm³/mol. The Kier molecular flexibility index (Phi) is 2.70. The number of carbonyl (C=O) groups excluding carboxylic acids is 1. The number of nitroso groups, excluding NO2 is 1. The first kappa shape index (κ1) is 8.33. The van der Waals surface area contributed by atoms with Gasteiger partial charge in [-0.15, -0.1) is 4.91 Å². The molecule has 0 aromatic carbocycles. The average molecular weight is 156 g/mol. The van der Waals surface area contributed by atoms with E-state index in [0.717, 1.165) is 25.9 Å². The largest absolute Gasteiger partial charge is 0.306 e. The SMILES string of the molecule is CN1CCC(C(=O)N=O)CC1. The van der Waals surface area contributed by atoms with E-state index in [-0.39, 0.29) is 5.92 Å². The van der Waals surface area contributed by atoms with Crippen molar-refractivity contribution < 1.29 is 4.79 Å². The third-order valence-electron chi connectivity index (χ3n) is 2.16. The van der Waals surface area contributed by atoms with Gasteiger partial charge in [-0.05, 0) is 33.0 Å². The van der Waals surface area contributed by atoms with Crippen LogP contribution in [0.4, 0.5) is 0 Å². The zero-order valence-electron chi connectivity index (χ0n) is 6.62. The van der Waals surface area contributed by atoms with Crippen LogP contribution in [0, 0.1) is 10.8 Å². The molecule has 1 fully saturated rings. The van der Waals surface area contributed by atoms with Crippen molar-refractivity contribution in [1.29, 1.82) is 0 Å². The highest BCUT2D eigenvalue weighted by Gasteiger charge is 2.23. The Bertz CT molecular complexity index is 162. The zero-order chi connectivity index (χ0) is 8.27. The molecule has 1 saturated heterocycles. The van der Waals surface area contributed by atoms with Gasteiger partial charge in [0.2, 0.25) is 0 Å². The number of rotatable bonds is 1. The van der Waals surface area contributed by atoms with E-state index in [1.807, 2.05) is 7.05 Å². The Labute approximate surface area is 65.5 Å². The van der Waals surface area contributed by atoms with Crippen LogP contribution in [0.2, 0.25) is 0 Å². The number of nitrogens with zero attached hydrogens (tertiary/aromatic N) is 2. The number of carbonyl (C=O) groups is 1. The monoisotopic (exact) mass is 156 g/mol. The Morgan fingerprint density at radius 3 is 2.45 bits per heavy atom. The van der Waals surface area contributed by atoms with Crippen LogP contribution in [0.1, 0.15) is 12.8 Å². The lowest BCUT2D eigenvalue weighted by Crippen LogP contribution is -2.32. The highest BCUT2D eigenvalue weighted by atomic mass is 16.3. The smallest absolute Gasteiger partial charge is 0.289 e. The van der Waals surface area contributed by atoms with Crippen LogP contribution in [0.5, 0.6) is 0 Å². The fraction of sp³-hybridized carbons (Fsp3) is 0.857. The molecule has 1 heterocycles. The number of piperidine rings is 1. The maximum absolute atomic E-state index is 10.8. The van der Waals surface area contributed by atoms with E-state index in [0.29, 0.717) is 0 Å². The molecule has 0 spiro atoms.